The molecule has 0 fully saturated rings. The molecule has 0 aliphatic heterocycles. The van der Waals surface area contributed by atoms with E-state index >= 15 is 0 Å². The van der Waals surface area contributed by atoms with E-state index in [-0.39, 0.29) is 6.04 Å². The Bertz CT molecular complexity index is 363. The first-order valence-corrected chi connectivity index (χ1v) is 6.51. The first-order valence-electron chi connectivity index (χ1n) is 6.13. The van der Waals surface area contributed by atoms with Gasteiger partial charge in [0, 0.05) is 6.20 Å². The van der Waals surface area contributed by atoms with Gasteiger partial charge in [0.2, 0.25) is 0 Å². The average Bonchev–Trinajstić information content (AvgIpc) is 2.30. The Balaban J connectivity index is 2.74. The van der Waals surface area contributed by atoms with Crippen LogP contribution in [0.3, 0.4) is 0 Å². The number of halogens is 1. The summed E-state index contributed by atoms with van der Waals surface area (Å²) < 4.78 is 0. The summed E-state index contributed by atoms with van der Waals surface area (Å²) in [5, 5.41) is 4.23. The molecule has 0 aliphatic carbocycles. The number of allylic oxidation sites excluding steroid dienone is 1. The first kappa shape index (κ1) is 14.2. The minimum Gasteiger partial charge on any atom is -0.309 e. The van der Waals surface area contributed by atoms with Gasteiger partial charge in [0.15, 0.2) is 0 Å². The molecule has 17 heavy (non-hydrogen) atoms. The predicted octanol–water partition coefficient (Wildman–Crippen LogP) is 4.13. The molecule has 1 heterocycles. The van der Waals surface area contributed by atoms with E-state index in [0.717, 1.165) is 36.5 Å². The topological polar surface area (TPSA) is 24.9 Å². The third-order valence-corrected chi connectivity index (χ3v) is 2.94. The van der Waals surface area contributed by atoms with Crippen LogP contribution in [0.2, 0.25) is 5.02 Å². The summed E-state index contributed by atoms with van der Waals surface area (Å²) in [6.45, 7) is 9.13. The van der Waals surface area contributed by atoms with Gasteiger partial charge in [-0.05, 0) is 44.9 Å². The Morgan fingerprint density at radius 1 is 1.59 bits per heavy atom. The van der Waals surface area contributed by atoms with Crippen LogP contribution in [0.1, 0.15) is 44.8 Å². The number of nitrogens with zero attached hydrogens (tertiary/aromatic N) is 1. The Morgan fingerprint density at radius 2 is 2.35 bits per heavy atom. The van der Waals surface area contributed by atoms with Crippen molar-refractivity contribution < 1.29 is 0 Å². The Kier molecular flexibility index (Phi) is 6.23. The second-order valence-corrected chi connectivity index (χ2v) is 4.78. The van der Waals surface area contributed by atoms with Crippen LogP contribution >= 0.6 is 11.6 Å². The van der Waals surface area contributed by atoms with Crippen LogP contribution < -0.4 is 5.32 Å². The maximum absolute atomic E-state index is 6.19. The van der Waals surface area contributed by atoms with Crippen molar-refractivity contribution in [3.8, 4) is 0 Å². The number of pyridine rings is 1. The molecule has 1 rings (SSSR count). The van der Waals surface area contributed by atoms with Crippen LogP contribution in [0.5, 0.6) is 0 Å². The van der Waals surface area contributed by atoms with Gasteiger partial charge in [0.1, 0.15) is 0 Å². The van der Waals surface area contributed by atoms with Crippen LogP contribution in [0.15, 0.2) is 30.5 Å². The molecule has 1 unspecified atom stereocenters. The van der Waals surface area contributed by atoms with E-state index in [1.807, 2.05) is 12.1 Å². The third-order valence-electron chi connectivity index (χ3n) is 2.62. The molecular weight excluding hydrogens is 232 g/mol. The van der Waals surface area contributed by atoms with Gasteiger partial charge in [-0.15, -0.1) is 6.58 Å². The molecule has 0 radical (unpaired) electrons. The Labute approximate surface area is 109 Å². The zero-order chi connectivity index (χ0) is 12.7. The smallest absolute Gasteiger partial charge is 0.0759 e. The van der Waals surface area contributed by atoms with Gasteiger partial charge in [0.25, 0.3) is 0 Å². The first-order chi connectivity index (χ1) is 8.15. The number of aromatic nitrogens is 1. The van der Waals surface area contributed by atoms with Crippen molar-refractivity contribution in [1.82, 2.24) is 10.3 Å². The van der Waals surface area contributed by atoms with Gasteiger partial charge in [-0.2, -0.15) is 0 Å². The summed E-state index contributed by atoms with van der Waals surface area (Å²) in [7, 11) is 0. The molecular formula is C14H21ClN2. The van der Waals surface area contributed by atoms with Crippen molar-refractivity contribution >= 4 is 11.6 Å². The second kappa shape index (κ2) is 7.46. The zero-order valence-electron chi connectivity index (χ0n) is 10.7. The summed E-state index contributed by atoms with van der Waals surface area (Å²) in [4.78, 5) is 4.39. The summed E-state index contributed by atoms with van der Waals surface area (Å²) in [5.41, 5.74) is 2.14. The summed E-state index contributed by atoms with van der Waals surface area (Å²) >= 11 is 6.19. The van der Waals surface area contributed by atoms with Crippen molar-refractivity contribution in [2.45, 2.75) is 39.2 Å². The molecule has 1 atom stereocenters. The summed E-state index contributed by atoms with van der Waals surface area (Å²) in [6, 6.07) is 3.98. The molecule has 3 heteroatoms. The summed E-state index contributed by atoms with van der Waals surface area (Å²) in [5.74, 6) is 0. The van der Waals surface area contributed by atoms with Crippen LogP contribution in [0, 0.1) is 0 Å². The number of hydrogen-bond donors (Lipinski definition) is 1. The van der Waals surface area contributed by atoms with E-state index in [1.54, 1.807) is 6.20 Å². The van der Waals surface area contributed by atoms with Gasteiger partial charge >= 0.3 is 0 Å². The molecule has 0 aliphatic rings. The maximum atomic E-state index is 6.19. The maximum Gasteiger partial charge on any atom is 0.0759 e. The molecule has 0 aromatic carbocycles. The monoisotopic (exact) mass is 252 g/mol. The number of nitrogens with one attached hydrogen (secondary N) is 1. The highest BCUT2D eigenvalue weighted by atomic mass is 35.5. The van der Waals surface area contributed by atoms with E-state index in [1.165, 1.54) is 5.57 Å². The van der Waals surface area contributed by atoms with Crippen molar-refractivity contribution in [3.63, 3.8) is 0 Å². The Hall–Kier alpha value is -0.860. The minimum atomic E-state index is 0.223. The fourth-order valence-corrected chi connectivity index (χ4v) is 1.95. The van der Waals surface area contributed by atoms with Gasteiger partial charge in [-0.3, -0.25) is 4.98 Å². The molecule has 1 aromatic heterocycles. The van der Waals surface area contributed by atoms with Crippen LogP contribution in [0.25, 0.3) is 0 Å². The van der Waals surface area contributed by atoms with E-state index in [4.69, 9.17) is 11.6 Å². The molecule has 1 N–H and O–H groups in total. The van der Waals surface area contributed by atoms with E-state index in [2.05, 4.69) is 30.7 Å². The molecule has 0 saturated heterocycles. The molecule has 94 valence electrons. The van der Waals surface area contributed by atoms with Crippen molar-refractivity contribution in [1.29, 1.82) is 0 Å². The normalized spacial score (nSPS) is 12.4. The van der Waals surface area contributed by atoms with Gasteiger partial charge in [-0.25, -0.2) is 0 Å². The van der Waals surface area contributed by atoms with Gasteiger partial charge in [-0.1, -0.05) is 24.1 Å². The molecule has 2 nitrogen and oxygen atoms in total. The average molecular weight is 253 g/mol. The van der Waals surface area contributed by atoms with Crippen molar-refractivity contribution in [2.75, 3.05) is 6.54 Å². The Morgan fingerprint density at radius 3 is 2.94 bits per heavy atom. The lowest BCUT2D eigenvalue weighted by molar-refractivity contribution is 0.488. The fourth-order valence-electron chi connectivity index (χ4n) is 1.70. The number of rotatable bonds is 7. The van der Waals surface area contributed by atoms with E-state index < -0.39 is 0 Å². The zero-order valence-corrected chi connectivity index (χ0v) is 11.4. The molecule has 0 saturated carbocycles. The van der Waals surface area contributed by atoms with Gasteiger partial charge in [0.05, 0.1) is 16.8 Å². The second-order valence-electron chi connectivity index (χ2n) is 4.37. The van der Waals surface area contributed by atoms with Crippen molar-refractivity contribution in [3.05, 3.63) is 41.2 Å². The third kappa shape index (κ3) is 4.88. The van der Waals surface area contributed by atoms with E-state index in [0.29, 0.717) is 0 Å². The standard InChI is InChI=1S/C14H21ClN2/c1-4-9-16-13(8-7-11(2)3)14-12(15)6-5-10-17-14/h5-6,10,13,16H,2,4,7-9H2,1,3H3. The molecule has 1 aromatic rings. The lowest BCUT2D eigenvalue weighted by Crippen LogP contribution is -2.23. The van der Waals surface area contributed by atoms with E-state index in [9.17, 15) is 0 Å². The molecule has 0 amide bonds. The van der Waals surface area contributed by atoms with Crippen molar-refractivity contribution in [2.24, 2.45) is 0 Å². The highest BCUT2D eigenvalue weighted by Crippen LogP contribution is 2.24. The summed E-state index contributed by atoms with van der Waals surface area (Å²) in [6.07, 6.45) is 4.89. The highest BCUT2D eigenvalue weighted by Gasteiger charge is 2.14. The molecule has 0 spiro atoms. The largest absolute Gasteiger partial charge is 0.309 e. The van der Waals surface area contributed by atoms with Gasteiger partial charge < -0.3 is 5.32 Å². The lowest BCUT2D eigenvalue weighted by atomic mass is 10.0. The minimum absolute atomic E-state index is 0.223. The van der Waals surface area contributed by atoms with Crippen LogP contribution in [0.4, 0.5) is 0 Å². The lowest BCUT2D eigenvalue weighted by Gasteiger charge is -2.19. The predicted molar refractivity (Wildman–Crippen MR) is 74.3 cm³/mol. The highest BCUT2D eigenvalue weighted by molar-refractivity contribution is 6.31. The fraction of sp³-hybridized carbons (Fsp3) is 0.500. The molecule has 0 bridgehead atoms. The van der Waals surface area contributed by atoms with Crippen LogP contribution in [-0.2, 0) is 0 Å². The SMILES string of the molecule is C=C(C)CCC(NCCC)c1ncccc1Cl. The van der Waals surface area contributed by atoms with Crippen LogP contribution in [-0.4, -0.2) is 11.5 Å². The number of hydrogen-bond acceptors (Lipinski definition) is 2. The quantitative estimate of drug-likeness (QED) is 0.738.